The fourth-order valence-corrected chi connectivity index (χ4v) is 0.969. The summed E-state index contributed by atoms with van der Waals surface area (Å²) >= 11 is 0. The molecule has 0 saturated heterocycles. The number of allylic oxidation sites excluding steroid dienone is 4. The fourth-order valence-electron chi connectivity index (χ4n) is 0.969. The van der Waals surface area contributed by atoms with Crippen LogP contribution < -0.4 is 0 Å². The fraction of sp³-hybridized carbons (Fsp3) is 0.615. The molecule has 80 valence electrons. The molecule has 0 N–H and O–H groups in total. The van der Waals surface area contributed by atoms with E-state index in [1.54, 1.807) is 6.08 Å². The van der Waals surface area contributed by atoms with Crippen molar-refractivity contribution in [2.24, 2.45) is 10.8 Å². The van der Waals surface area contributed by atoms with Crippen molar-refractivity contribution < 1.29 is 4.79 Å². The molecule has 0 saturated carbocycles. The lowest BCUT2D eigenvalue weighted by Gasteiger charge is -2.21. The summed E-state index contributed by atoms with van der Waals surface area (Å²) in [5.74, 6) is 0. The zero-order valence-corrected chi connectivity index (χ0v) is 10.2. The van der Waals surface area contributed by atoms with Crippen LogP contribution in [0.2, 0.25) is 0 Å². The quantitative estimate of drug-likeness (QED) is 0.371. The molecule has 14 heavy (non-hydrogen) atoms. The molecule has 0 radical (unpaired) electrons. The molecule has 0 rings (SSSR count). The normalized spacial score (nSPS) is 14.9. The van der Waals surface area contributed by atoms with E-state index in [1.165, 1.54) is 0 Å². The van der Waals surface area contributed by atoms with Crippen molar-refractivity contribution in [1.82, 2.24) is 0 Å². The van der Waals surface area contributed by atoms with Crippen LogP contribution >= 0.6 is 0 Å². The van der Waals surface area contributed by atoms with Gasteiger partial charge in [-0.15, -0.1) is 0 Å². The first-order valence-electron chi connectivity index (χ1n) is 5.02. The second kappa shape index (κ2) is 4.59. The topological polar surface area (TPSA) is 17.1 Å². The first kappa shape index (κ1) is 13.2. The van der Waals surface area contributed by atoms with Crippen LogP contribution in [0.25, 0.3) is 0 Å². The third-order valence-electron chi connectivity index (χ3n) is 1.88. The molecular weight excluding hydrogens is 172 g/mol. The maximum Gasteiger partial charge on any atom is 0.143 e. The Bertz CT molecular complexity index is 243. The van der Waals surface area contributed by atoms with Crippen LogP contribution in [0, 0.1) is 10.8 Å². The molecule has 0 aliphatic rings. The Morgan fingerprint density at radius 1 is 1.00 bits per heavy atom. The predicted octanol–water partition coefficient (Wildman–Crippen LogP) is 3.76. The minimum absolute atomic E-state index is 0.0304. The van der Waals surface area contributed by atoms with E-state index >= 15 is 0 Å². The number of rotatable bonds is 2. The van der Waals surface area contributed by atoms with Gasteiger partial charge in [0.25, 0.3) is 0 Å². The first-order valence-corrected chi connectivity index (χ1v) is 5.02. The Kier molecular flexibility index (Phi) is 4.31. The van der Waals surface area contributed by atoms with Crippen molar-refractivity contribution in [3.63, 3.8) is 0 Å². The summed E-state index contributed by atoms with van der Waals surface area (Å²) in [7, 11) is 0. The van der Waals surface area contributed by atoms with Crippen molar-refractivity contribution in [3.05, 3.63) is 23.8 Å². The highest BCUT2D eigenvalue weighted by molar-refractivity contribution is 5.67. The summed E-state index contributed by atoms with van der Waals surface area (Å²) in [6.07, 6.45) is 6.68. The Morgan fingerprint density at radius 3 is 1.79 bits per heavy atom. The van der Waals surface area contributed by atoms with Gasteiger partial charge in [0.2, 0.25) is 0 Å². The lowest BCUT2D eigenvalue weighted by atomic mass is 9.84. The predicted molar refractivity (Wildman–Crippen MR) is 62.2 cm³/mol. The lowest BCUT2D eigenvalue weighted by molar-refractivity contribution is -0.104. The SMILES string of the molecule is CC(C)(C)/C=C/C(=C\C=O)C(C)(C)C. The highest BCUT2D eigenvalue weighted by Crippen LogP contribution is 2.27. The molecule has 0 bridgehead atoms. The number of hydrogen-bond acceptors (Lipinski definition) is 1. The van der Waals surface area contributed by atoms with Crippen LogP contribution in [0.5, 0.6) is 0 Å². The Balaban J connectivity index is 4.83. The van der Waals surface area contributed by atoms with E-state index in [4.69, 9.17) is 0 Å². The summed E-state index contributed by atoms with van der Waals surface area (Å²) in [6, 6.07) is 0. The van der Waals surface area contributed by atoms with Crippen LogP contribution in [0.4, 0.5) is 0 Å². The van der Waals surface area contributed by atoms with Crippen molar-refractivity contribution in [1.29, 1.82) is 0 Å². The molecule has 0 heterocycles. The monoisotopic (exact) mass is 194 g/mol. The second-order valence-corrected chi connectivity index (χ2v) is 5.71. The minimum Gasteiger partial charge on any atom is -0.299 e. The third-order valence-corrected chi connectivity index (χ3v) is 1.88. The average molecular weight is 194 g/mol. The smallest absolute Gasteiger partial charge is 0.143 e. The summed E-state index contributed by atoms with van der Waals surface area (Å²) < 4.78 is 0. The number of carbonyl (C=O) groups excluding carboxylic acids is 1. The van der Waals surface area contributed by atoms with E-state index in [0.29, 0.717) is 0 Å². The molecule has 1 nitrogen and oxygen atoms in total. The number of carbonyl (C=O) groups is 1. The Labute approximate surface area is 87.9 Å². The minimum atomic E-state index is 0.0304. The van der Waals surface area contributed by atoms with Gasteiger partial charge in [0, 0.05) is 0 Å². The third kappa shape index (κ3) is 5.74. The van der Waals surface area contributed by atoms with Crippen LogP contribution in [-0.4, -0.2) is 6.29 Å². The van der Waals surface area contributed by atoms with Crippen molar-refractivity contribution in [2.45, 2.75) is 41.5 Å². The van der Waals surface area contributed by atoms with Crippen LogP contribution in [-0.2, 0) is 4.79 Å². The van der Waals surface area contributed by atoms with Gasteiger partial charge in [0.1, 0.15) is 6.29 Å². The molecule has 0 aromatic heterocycles. The maximum absolute atomic E-state index is 10.5. The van der Waals surface area contributed by atoms with Crippen molar-refractivity contribution >= 4 is 6.29 Å². The molecule has 0 spiro atoms. The molecule has 0 aliphatic carbocycles. The Hall–Kier alpha value is -0.850. The standard InChI is InChI=1S/C13H22O/c1-12(2,3)9-7-11(8-10-14)13(4,5)6/h7-10H,1-6H3/b9-7+,11-8+. The van der Waals surface area contributed by atoms with E-state index in [1.807, 2.05) is 0 Å². The van der Waals surface area contributed by atoms with Crippen LogP contribution in [0.1, 0.15) is 41.5 Å². The van der Waals surface area contributed by atoms with Crippen LogP contribution in [0.15, 0.2) is 23.8 Å². The lowest BCUT2D eigenvalue weighted by Crippen LogP contribution is -2.09. The van der Waals surface area contributed by atoms with Gasteiger partial charge in [-0.3, -0.25) is 4.79 Å². The summed E-state index contributed by atoms with van der Waals surface area (Å²) in [6.45, 7) is 12.8. The van der Waals surface area contributed by atoms with E-state index in [2.05, 4.69) is 53.7 Å². The molecule has 0 fully saturated rings. The number of hydrogen-bond donors (Lipinski definition) is 0. The molecule has 0 unspecified atom stereocenters. The Morgan fingerprint density at radius 2 is 1.50 bits per heavy atom. The van der Waals surface area contributed by atoms with Crippen molar-refractivity contribution in [3.8, 4) is 0 Å². The summed E-state index contributed by atoms with van der Waals surface area (Å²) in [5, 5.41) is 0. The van der Waals surface area contributed by atoms with Gasteiger partial charge in [0.05, 0.1) is 0 Å². The van der Waals surface area contributed by atoms with Crippen LogP contribution in [0.3, 0.4) is 0 Å². The molecule has 0 aromatic carbocycles. The highest BCUT2D eigenvalue weighted by Gasteiger charge is 2.15. The van der Waals surface area contributed by atoms with Crippen molar-refractivity contribution in [2.75, 3.05) is 0 Å². The number of aldehydes is 1. The average Bonchev–Trinajstić information content (AvgIpc) is 1.93. The van der Waals surface area contributed by atoms with E-state index in [9.17, 15) is 4.79 Å². The highest BCUT2D eigenvalue weighted by atomic mass is 16.1. The molecule has 0 aliphatic heterocycles. The van der Waals surface area contributed by atoms with Gasteiger partial charge < -0.3 is 0 Å². The van der Waals surface area contributed by atoms with E-state index < -0.39 is 0 Å². The van der Waals surface area contributed by atoms with Gasteiger partial charge in [-0.25, -0.2) is 0 Å². The molecule has 0 aromatic rings. The largest absolute Gasteiger partial charge is 0.299 e. The summed E-state index contributed by atoms with van der Waals surface area (Å²) in [5.41, 5.74) is 1.26. The van der Waals surface area contributed by atoms with Gasteiger partial charge in [-0.2, -0.15) is 0 Å². The molecule has 0 amide bonds. The van der Waals surface area contributed by atoms with Gasteiger partial charge >= 0.3 is 0 Å². The van der Waals surface area contributed by atoms with E-state index in [-0.39, 0.29) is 10.8 Å². The second-order valence-electron chi connectivity index (χ2n) is 5.71. The zero-order chi connectivity index (χ0) is 11.4. The molecular formula is C13H22O. The summed E-state index contributed by atoms with van der Waals surface area (Å²) in [4.78, 5) is 10.5. The molecule has 1 heteroatoms. The maximum atomic E-state index is 10.5. The van der Waals surface area contributed by atoms with E-state index in [0.717, 1.165) is 11.9 Å². The molecule has 0 atom stereocenters. The van der Waals surface area contributed by atoms with Gasteiger partial charge in [0.15, 0.2) is 0 Å². The van der Waals surface area contributed by atoms with Gasteiger partial charge in [-0.05, 0) is 22.5 Å². The van der Waals surface area contributed by atoms with Gasteiger partial charge in [-0.1, -0.05) is 53.7 Å². The zero-order valence-electron chi connectivity index (χ0n) is 10.2. The first-order chi connectivity index (χ1) is 6.17.